The first kappa shape index (κ1) is 26.6. The van der Waals surface area contributed by atoms with Crippen LogP contribution in [0.3, 0.4) is 0 Å². The van der Waals surface area contributed by atoms with Crippen LogP contribution in [-0.2, 0) is 0 Å². The van der Waals surface area contributed by atoms with Crippen molar-refractivity contribution in [3.8, 4) is 39.9 Å². The van der Waals surface area contributed by atoms with E-state index in [1.54, 1.807) is 0 Å². The van der Waals surface area contributed by atoms with Crippen molar-refractivity contribution in [3.63, 3.8) is 0 Å². The van der Waals surface area contributed by atoms with Gasteiger partial charge in [-0.3, -0.25) is 0 Å². The number of hydrogen-bond acceptors (Lipinski definition) is 4. The molecule has 0 aliphatic heterocycles. The van der Waals surface area contributed by atoms with E-state index in [1.807, 2.05) is 54.6 Å². The maximum atomic E-state index is 6.40. The fourth-order valence-corrected chi connectivity index (χ4v) is 7.04. The molecule has 7 aromatic carbocycles. The van der Waals surface area contributed by atoms with Gasteiger partial charge in [0, 0.05) is 49.3 Å². The number of rotatable bonds is 4. The normalized spacial score (nSPS) is 11.8. The average molecular weight is 615 g/mol. The molecule has 0 N–H and O–H groups in total. The van der Waals surface area contributed by atoms with Crippen molar-refractivity contribution < 1.29 is 4.42 Å². The third-order valence-corrected chi connectivity index (χ3v) is 9.25. The summed E-state index contributed by atoms with van der Waals surface area (Å²) in [5, 5.41) is 6.59. The molecule has 10 rings (SSSR count). The Kier molecular flexibility index (Phi) is 5.81. The van der Waals surface area contributed by atoms with Crippen LogP contribution >= 0.6 is 0 Å². The van der Waals surface area contributed by atoms with Crippen LogP contribution in [0.15, 0.2) is 162 Å². The van der Waals surface area contributed by atoms with Crippen LogP contribution in [0.5, 0.6) is 0 Å². The van der Waals surface area contributed by atoms with Crippen molar-refractivity contribution in [2.75, 3.05) is 0 Å². The molecule has 5 heteroatoms. The lowest BCUT2D eigenvalue weighted by Crippen LogP contribution is -2.00. The number of fused-ring (bicyclic) bond motifs is 8. The first-order chi connectivity index (χ1) is 23.8. The number of nitrogens with zero attached hydrogens (tertiary/aromatic N) is 4. The van der Waals surface area contributed by atoms with Crippen LogP contribution in [0.2, 0.25) is 0 Å². The minimum atomic E-state index is 0.617. The zero-order chi connectivity index (χ0) is 31.6. The van der Waals surface area contributed by atoms with Gasteiger partial charge in [0.15, 0.2) is 17.5 Å². The largest absolute Gasteiger partial charge is 0.455 e. The summed E-state index contributed by atoms with van der Waals surface area (Å²) in [6, 6.07) is 54.4. The van der Waals surface area contributed by atoms with E-state index in [0.29, 0.717) is 17.5 Å². The number of hydrogen-bond donors (Lipinski definition) is 0. The molecule has 0 aliphatic carbocycles. The van der Waals surface area contributed by atoms with E-state index < -0.39 is 0 Å². The van der Waals surface area contributed by atoms with E-state index in [1.165, 1.54) is 5.39 Å². The highest BCUT2D eigenvalue weighted by Gasteiger charge is 2.18. The zero-order valence-corrected chi connectivity index (χ0v) is 25.7. The SMILES string of the molecule is c1ccc(-c2nc(-c3ccc4c(c3)c3ccccc3n4-c3ccccc3)nc(-c3cccc4c3ccc3c5ccccc5oc43)n2)cc1. The summed E-state index contributed by atoms with van der Waals surface area (Å²) in [7, 11) is 0. The standard InChI is InChI=1S/C43H26N4O/c1-3-12-27(13-4-1)41-44-42(28-22-25-38-36(26-28)31-16-7-9-20-37(31)47(38)29-14-5-2-6-15-29)46-43(45-41)35-19-11-18-33-30(35)23-24-34-32-17-8-10-21-39(32)48-40(33)34/h1-26H. The maximum absolute atomic E-state index is 6.40. The first-order valence-corrected chi connectivity index (χ1v) is 16.0. The molecule has 3 heterocycles. The van der Waals surface area contributed by atoms with Crippen molar-refractivity contribution in [2.24, 2.45) is 0 Å². The van der Waals surface area contributed by atoms with Gasteiger partial charge >= 0.3 is 0 Å². The van der Waals surface area contributed by atoms with E-state index in [9.17, 15) is 0 Å². The van der Waals surface area contributed by atoms with Gasteiger partial charge in [-0.15, -0.1) is 0 Å². The highest BCUT2D eigenvalue weighted by Crippen LogP contribution is 2.38. The fourth-order valence-electron chi connectivity index (χ4n) is 7.04. The summed E-state index contributed by atoms with van der Waals surface area (Å²) in [4.78, 5) is 15.3. The lowest BCUT2D eigenvalue weighted by Gasteiger charge is -2.11. The lowest BCUT2D eigenvalue weighted by atomic mass is 10.0. The first-order valence-electron chi connectivity index (χ1n) is 16.0. The third kappa shape index (κ3) is 4.08. The molecular formula is C43H26N4O. The van der Waals surface area contributed by atoms with Gasteiger partial charge in [0.05, 0.1) is 11.0 Å². The van der Waals surface area contributed by atoms with Gasteiger partial charge in [-0.2, -0.15) is 0 Å². The van der Waals surface area contributed by atoms with Gasteiger partial charge in [0.25, 0.3) is 0 Å². The van der Waals surface area contributed by atoms with Crippen molar-refractivity contribution in [2.45, 2.75) is 0 Å². The van der Waals surface area contributed by atoms with E-state index >= 15 is 0 Å². The minimum Gasteiger partial charge on any atom is -0.455 e. The summed E-state index contributed by atoms with van der Waals surface area (Å²) in [6.07, 6.45) is 0. The Morgan fingerprint density at radius 2 is 1.02 bits per heavy atom. The molecule has 5 nitrogen and oxygen atoms in total. The van der Waals surface area contributed by atoms with Crippen molar-refractivity contribution in [1.29, 1.82) is 0 Å². The monoisotopic (exact) mass is 614 g/mol. The molecule has 48 heavy (non-hydrogen) atoms. The number of para-hydroxylation sites is 3. The highest BCUT2D eigenvalue weighted by molar-refractivity contribution is 6.17. The van der Waals surface area contributed by atoms with E-state index in [-0.39, 0.29) is 0 Å². The third-order valence-electron chi connectivity index (χ3n) is 9.25. The lowest BCUT2D eigenvalue weighted by molar-refractivity contribution is 0.672. The molecule has 0 fully saturated rings. The second kappa shape index (κ2) is 10.5. The van der Waals surface area contributed by atoms with Gasteiger partial charge in [-0.25, -0.2) is 15.0 Å². The molecule has 0 bridgehead atoms. The van der Waals surface area contributed by atoms with Crippen LogP contribution in [0.4, 0.5) is 0 Å². The van der Waals surface area contributed by atoms with Crippen molar-refractivity contribution in [1.82, 2.24) is 19.5 Å². The van der Waals surface area contributed by atoms with Crippen molar-refractivity contribution >= 4 is 54.5 Å². The molecule has 3 aromatic heterocycles. The predicted molar refractivity (Wildman–Crippen MR) is 195 cm³/mol. The Labute approximate surface area is 275 Å². The van der Waals surface area contributed by atoms with Crippen LogP contribution in [-0.4, -0.2) is 19.5 Å². The maximum Gasteiger partial charge on any atom is 0.164 e. The summed E-state index contributed by atoms with van der Waals surface area (Å²) in [5.41, 5.74) is 7.95. The molecule has 0 atom stereocenters. The average Bonchev–Trinajstić information content (AvgIpc) is 3.71. The zero-order valence-electron chi connectivity index (χ0n) is 25.7. The van der Waals surface area contributed by atoms with Gasteiger partial charge in [0.2, 0.25) is 0 Å². The molecule has 0 amide bonds. The quantitative estimate of drug-likeness (QED) is 0.198. The van der Waals surface area contributed by atoms with Gasteiger partial charge in [-0.1, -0.05) is 109 Å². The molecule has 224 valence electrons. The van der Waals surface area contributed by atoms with Crippen LogP contribution in [0.25, 0.3) is 94.4 Å². The molecule has 0 radical (unpaired) electrons. The van der Waals surface area contributed by atoms with E-state index in [0.717, 1.165) is 71.5 Å². The minimum absolute atomic E-state index is 0.617. The van der Waals surface area contributed by atoms with Crippen molar-refractivity contribution in [3.05, 3.63) is 158 Å². The molecule has 0 unspecified atom stereocenters. The summed E-state index contributed by atoms with van der Waals surface area (Å²) >= 11 is 0. The number of aromatic nitrogens is 4. The van der Waals surface area contributed by atoms with Crippen LogP contribution < -0.4 is 0 Å². The number of furan rings is 1. The Morgan fingerprint density at radius 1 is 0.396 bits per heavy atom. The Morgan fingerprint density at radius 3 is 1.88 bits per heavy atom. The Balaban J connectivity index is 1.21. The van der Waals surface area contributed by atoms with E-state index in [4.69, 9.17) is 19.4 Å². The summed E-state index contributed by atoms with van der Waals surface area (Å²) < 4.78 is 8.71. The molecule has 0 aliphatic rings. The molecule has 0 saturated carbocycles. The summed E-state index contributed by atoms with van der Waals surface area (Å²) in [6.45, 7) is 0. The molecule has 0 spiro atoms. The van der Waals surface area contributed by atoms with Gasteiger partial charge in [-0.05, 0) is 53.9 Å². The van der Waals surface area contributed by atoms with E-state index in [2.05, 4.69) is 108 Å². The Bertz CT molecular complexity index is 2830. The second-order valence-corrected chi connectivity index (χ2v) is 12.0. The topological polar surface area (TPSA) is 56.7 Å². The molecule has 0 saturated heterocycles. The highest BCUT2D eigenvalue weighted by atomic mass is 16.3. The summed E-state index contributed by atoms with van der Waals surface area (Å²) in [5.74, 6) is 1.87. The smallest absolute Gasteiger partial charge is 0.164 e. The Hall–Kier alpha value is -6.59. The van der Waals surface area contributed by atoms with Crippen LogP contribution in [0.1, 0.15) is 0 Å². The van der Waals surface area contributed by atoms with Crippen LogP contribution in [0, 0.1) is 0 Å². The van der Waals surface area contributed by atoms with Gasteiger partial charge in [0.1, 0.15) is 11.2 Å². The second-order valence-electron chi connectivity index (χ2n) is 12.0. The molecule has 10 aromatic rings. The van der Waals surface area contributed by atoms with Gasteiger partial charge < -0.3 is 8.98 Å². The predicted octanol–water partition coefficient (Wildman–Crippen LogP) is 11.0. The fraction of sp³-hybridized carbons (Fsp3) is 0. The molecular weight excluding hydrogens is 589 g/mol. The number of benzene rings is 7.